The van der Waals surface area contributed by atoms with Crippen molar-refractivity contribution in [1.29, 1.82) is 0 Å². The maximum atomic E-state index is 4.98. The Bertz CT molecular complexity index is 1020. The molecule has 0 spiro atoms. The van der Waals surface area contributed by atoms with Crippen LogP contribution in [0.5, 0.6) is 0 Å². The molecule has 0 unspecified atom stereocenters. The van der Waals surface area contributed by atoms with E-state index < -0.39 is 0 Å². The van der Waals surface area contributed by atoms with E-state index in [-0.39, 0.29) is 0 Å². The first kappa shape index (κ1) is 22.3. The maximum Gasteiger partial charge on any atom is 0.0414 e. The maximum absolute atomic E-state index is 4.98. The van der Waals surface area contributed by atoms with Crippen LogP contribution in [0.4, 0.5) is 0 Å². The van der Waals surface area contributed by atoms with Gasteiger partial charge >= 0.3 is 0 Å². The zero-order valence-corrected chi connectivity index (χ0v) is 19.8. The van der Waals surface area contributed by atoms with Crippen molar-refractivity contribution >= 4 is 11.3 Å². The smallest absolute Gasteiger partial charge is 0.0414 e. The third-order valence-corrected chi connectivity index (χ3v) is 6.49. The molecule has 30 heavy (non-hydrogen) atoms. The van der Waals surface area contributed by atoms with Gasteiger partial charge in [-0.1, -0.05) is 36.4 Å². The Morgan fingerprint density at radius 3 is 2.30 bits per heavy atom. The number of hydrogen-bond acceptors (Lipinski definition) is 1. The van der Waals surface area contributed by atoms with Crippen molar-refractivity contribution < 1.29 is 0 Å². The molecule has 2 aliphatic rings. The Hall–Kier alpha value is -2.41. The van der Waals surface area contributed by atoms with Crippen molar-refractivity contribution in [3.05, 3.63) is 87.2 Å². The summed E-state index contributed by atoms with van der Waals surface area (Å²) < 4.78 is 0. The number of rotatable bonds is 4. The minimum Gasteiger partial charge on any atom is -0.258 e. The van der Waals surface area contributed by atoms with Crippen LogP contribution in [-0.4, -0.2) is 5.71 Å². The number of aryl methyl sites for hydroxylation is 1. The lowest BCUT2D eigenvalue weighted by Gasteiger charge is -2.25. The summed E-state index contributed by atoms with van der Waals surface area (Å²) in [5.74, 6) is 0. The van der Waals surface area contributed by atoms with E-state index in [9.17, 15) is 0 Å². The number of benzene rings is 1. The molecule has 1 heterocycles. The van der Waals surface area contributed by atoms with Gasteiger partial charge in [0.15, 0.2) is 0 Å². The molecule has 0 radical (unpaired) electrons. The standard InChI is InChI=1S/C29H37N/c1-18(2)15-29-23(8)30-21(6)17-24(19(3)4)13-14-27(29)28-16-20(5)25-11-9-10-12-26(25)22(28)7/h13,16-17H,1,3,9-12,14-15H2,2,4-8H3/b21-17+,24-13+,29-27+,30-23+. The van der Waals surface area contributed by atoms with Gasteiger partial charge in [-0.05, 0) is 131 Å². The lowest BCUT2D eigenvalue weighted by Crippen LogP contribution is -2.11. The van der Waals surface area contributed by atoms with E-state index in [1.807, 2.05) is 0 Å². The quantitative estimate of drug-likeness (QED) is 0.453. The van der Waals surface area contributed by atoms with Crippen LogP contribution in [0.1, 0.15) is 81.2 Å². The highest BCUT2D eigenvalue weighted by Crippen LogP contribution is 2.37. The minimum atomic E-state index is 0.865. The van der Waals surface area contributed by atoms with Crippen molar-refractivity contribution in [2.24, 2.45) is 4.99 Å². The Labute approximate surface area is 183 Å². The third-order valence-electron chi connectivity index (χ3n) is 6.49. The molecular formula is C29H37N. The fraction of sp³-hybridized carbons (Fsp3) is 0.414. The van der Waals surface area contributed by atoms with E-state index in [0.29, 0.717) is 0 Å². The summed E-state index contributed by atoms with van der Waals surface area (Å²) in [5, 5.41) is 0. The largest absolute Gasteiger partial charge is 0.258 e. The number of aliphatic imine (C=N–C) groups is 1. The average Bonchev–Trinajstić information content (AvgIpc) is 2.74. The lowest BCUT2D eigenvalue weighted by atomic mass is 9.80. The van der Waals surface area contributed by atoms with Crippen molar-refractivity contribution in [1.82, 2.24) is 0 Å². The fourth-order valence-corrected chi connectivity index (χ4v) is 4.95. The topological polar surface area (TPSA) is 12.4 Å². The van der Waals surface area contributed by atoms with Gasteiger partial charge in [-0.25, -0.2) is 0 Å². The summed E-state index contributed by atoms with van der Waals surface area (Å²) in [6.07, 6.45) is 11.3. The Morgan fingerprint density at radius 2 is 1.67 bits per heavy atom. The molecule has 1 aliphatic carbocycles. The SMILES string of the molecule is C=C(C)CC1=C(/c2cc(C)c3c(c2C)CCCC3)C\C=C(C(=C)C)/C=C(C)/N=C/1C. The van der Waals surface area contributed by atoms with Crippen LogP contribution in [0.2, 0.25) is 0 Å². The van der Waals surface area contributed by atoms with Crippen molar-refractivity contribution in [3.8, 4) is 0 Å². The lowest BCUT2D eigenvalue weighted by molar-refractivity contribution is 0.678. The molecule has 0 bridgehead atoms. The van der Waals surface area contributed by atoms with Crippen LogP contribution in [0.25, 0.3) is 5.57 Å². The van der Waals surface area contributed by atoms with Gasteiger partial charge in [-0.15, -0.1) is 0 Å². The van der Waals surface area contributed by atoms with E-state index in [4.69, 9.17) is 4.99 Å². The van der Waals surface area contributed by atoms with Crippen molar-refractivity contribution in [3.63, 3.8) is 0 Å². The Morgan fingerprint density at radius 1 is 1.00 bits per heavy atom. The zero-order valence-electron chi connectivity index (χ0n) is 19.8. The first-order chi connectivity index (χ1) is 14.2. The second-order valence-corrected chi connectivity index (χ2v) is 9.25. The predicted molar refractivity (Wildman–Crippen MR) is 133 cm³/mol. The molecular weight excluding hydrogens is 362 g/mol. The second kappa shape index (κ2) is 9.16. The van der Waals surface area contributed by atoms with E-state index in [0.717, 1.165) is 29.8 Å². The molecule has 1 nitrogen and oxygen atoms in total. The first-order valence-electron chi connectivity index (χ1n) is 11.3. The third kappa shape index (κ3) is 4.67. The summed E-state index contributed by atoms with van der Waals surface area (Å²) in [6.45, 7) is 21.5. The van der Waals surface area contributed by atoms with Gasteiger partial charge in [0.05, 0.1) is 0 Å². The molecule has 1 aromatic carbocycles. The summed E-state index contributed by atoms with van der Waals surface area (Å²) in [7, 11) is 0. The highest BCUT2D eigenvalue weighted by molar-refractivity contribution is 6.06. The molecule has 1 aromatic rings. The highest BCUT2D eigenvalue weighted by atomic mass is 14.7. The number of allylic oxidation sites excluding steroid dienone is 8. The highest BCUT2D eigenvalue weighted by Gasteiger charge is 2.21. The number of nitrogens with zero attached hydrogens (tertiary/aromatic N) is 1. The molecule has 0 atom stereocenters. The minimum absolute atomic E-state index is 0.865. The van der Waals surface area contributed by atoms with Crippen molar-refractivity contribution in [2.75, 3.05) is 0 Å². The molecule has 0 saturated carbocycles. The number of fused-ring (bicyclic) bond motifs is 1. The average molecular weight is 400 g/mol. The summed E-state index contributed by atoms with van der Waals surface area (Å²) in [5.41, 5.74) is 15.8. The summed E-state index contributed by atoms with van der Waals surface area (Å²) >= 11 is 0. The van der Waals surface area contributed by atoms with Gasteiger partial charge in [0, 0.05) is 11.4 Å². The fourth-order valence-electron chi connectivity index (χ4n) is 4.95. The van der Waals surface area contributed by atoms with Gasteiger partial charge in [-0.3, -0.25) is 4.99 Å². The van der Waals surface area contributed by atoms with E-state index in [1.54, 1.807) is 11.1 Å². The van der Waals surface area contributed by atoms with Gasteiger partial charge in [0.1, 0.15) is 0 Å². The van der Waals surface area contributed by atoms with Crippen LogP contribution in [-0.2, 0) is 12.8 Å². The molecule has 0 fully saturated rings. The van der Waals surface area contributed by atoms with Gasteiger partial charge in [0.25, 0.3) is 0 Å². The van der Waals surface area contributed by atoms with Crippen LogP contribution < -0.4 is 0 Å². The molecule has 1 aliphatic heterocycles. The van der Waals surface area contributed by atoms with Crippen molar-refractivity contribution in [2.45, 2.75) is 80.1 Å². The molecule has 0 saturated heterocycles. The normalized spacial score (nSPS) is 24.8. The van der Waals surface area contributed by atoms with E-state index >= 15 is 0 Å². The Balaban J connectivity index is 2.30. The van der Waals surface area contributed by atoms with E-state index in [1.165, 1.54) is 64.7 Å². The summed E-state index contributed by atoms with van der Waals surface area (Å²) in [6, 6.07) is 2.44. The zero-order chi connectivity index (χ0) is 22.0. The molecule has 1 heteroatoms. The summed E-state index contributed by atoms with van der Waals surface area (Å²) in [4.78, 5) is 4.98. The van der Waals surface area contributed by atoms with E-state index in [2.05, 4.69) is 72.9 Å². The molecule has 3 rings (SSSR count). The molecule has 158 valence electrons. The molecule has 0 aromatic heterocycles. The van der Waals surface area contributed by atoms with Gasteiger partial charge in [-0.2, -0.15) is 0 Å². The van der Waals surface area contributed by atoms with Gasteiger partial charge < -0.3 is 0 Å². The van der Waals surface area contributed by atoms with Crippen LogP contribution in [0, 0.1) is 13.8 Å². The Kier molecular flexibility index (Phi) is 6.81. The number of hydrogen-bond donors (Lipinski definition) is 0. The second-order valence-electron chi connectivity index (χ2n) is 9.25. The van der Waals surface area contributed by atoms with Crippen LogP contribution >= 0.6 is 0 Å². The van der Waals surface area contributed by atoms with Gasteiger partial charge in [0.2, 0.25) is 0 Å². The molecule has 0 N–H and O–H groups in total. The van der Waals surface area contributed by atoms with Crippen LogP contribution in [0.3, 0.4) is 0 Å². The predicted octanol–water partition coefficient (Wildman–Crippen LogP) is 8.17. The monoisotopic (exact) mass is 399 g/mol. The molecule has 0 amide bonds. The van der Waals surface area contributed by atoms with Crippen LogP contribution in [0.15, 0.2) is 64.4 Å². The first-order valence-corrected chi connectivity index (χ1v) is 11.3.